The number of hydrogen-bond donors (Lipinski definition) is 3. The van der Waals surface area contributed by atoms with Crippen LogP contribution >= 0.6 is 23.7 Å². The van der Waals surface area contributed by atoms with Crippen LogP contribution in [0.25, 0.3) is 0 Å². The molecule has 0 bridgehead atoms. The Morgan fingerprint density at radius 3 is 2.75 bits per heavy atom. The van der Waals surface area contributed by atoms with E-state index in [4.69, 9.17) is 9.15 Å². The average molecular weight is 374 g/mol. The lowest BCUT2D eigenvalue weighted by molar-refractivity contribution is 0.0955. The molecule has 0 fully saturated rings. The van der Waals surface area contributed by atoms with Gasteiger partial charge in [0, 0.05) is 26.7 Å². The van der Waals surface area contributed by atoms with Crippen molar-refractivity contribution in [2.75, 3.05) is 38.7 Å². The Morgan fingerprint density at radius 1 is 1.21 bits per heavy atom. The van der Waals surface area contributed by atoms with Gasteiger partial charge in [-0.3, -0.25) is 9.59 Å². The van der Waals surface area contributed by atoms with Gasteiger partial charge in [0.15, 0.2) is 5.76 Å². The van der Waals surface area contributed by atoms with Gasteiger partial charge < -0.3 is 25.1 Å². The number of amides is 2. The molecule has 24 heavy (non-hydrogen) atoms. The van der Waals surface area contributed by atoms with Crippen LogP contribution in [0.3, 0.4) is 0 Å². The van der Waals surface area contributed by atoms with Gasteiger partial charge in [0.25, 0.3) is 11.8 Å². The highest BCUT2D eigenvalue weighted by Crippen LogP contribution is 2.23. The molecule has 0 radical (unpaired) electrons. The summed E-state index contributed by atoms with van der Waals surface area (Å²) < 4.78 is 9.94. The summed E-state index contributed by atoms with van der Waals surface area (Å²) >= 11 is 1.29. The van der Waals surface area contributed by atoms with Crippen molar-refractivity contribution in [3.8, 4) is 0 Å². The molecule has 0 aliphatic heterocycles. The Bertz CT molecular complexity index is 630. The van der Waals surface area contributed by atoms with Crippen LogP contribution in [0.4, 0.5) is 5.00 Å². The maximum atomic E-state index is 12.2. The van der Waals surface area contributed by atoms with E-state index in [0.29, 0.717) is 30.3 Å². The van der Waals surface area contributed by atoms with Crippen LogP contribution in [0.15, 0.2) is 34.3 Å². The summed E-state index contributed by atoms with van der Waals surface area (Å²) in [4.78, 5) is 24.1. The van der Waals surface area contributed by atoms with Crippen LogP contribution in [-0.4, -0.2) is 45.2 Å². The molecular weight excluding hydrogens is 354 g/mol. The summed E-state index contributed by atoms with van der Waals surface area (Å²) in [5.74, 6) is -0.408. The van der Waals surface area contributed by atoms with Crippen molar-refractivity contribution < 1.29 is 18.7 Å². The van der Waals surface area contributed by atoms with E-state index in [1.54, 1.807) is 30.7 Å². The largest absolute Gasteiger partial charge is 0.459 e. The lowest BCUT2D eigenvalue weighted by atomic mass is 10.3. The van der Waals surface area contributed by atoms with Gasteiger partial charge in [-0.15, -0.1) is 23.7 Å². The van der Waals surface area contributed by atoms with Crippen LogP contribution in [0.2, 0.25) is 0 Å². The fourth-order valence-electron chi connectivity index (χ4n) is 1.82. The number of ether oxygens (including phenoxy) is 1. The molecule has 2 amide bonds. The summed E-state index contributed by atoms with van der Waals surface area (Å²) in [5.41, 5.74) is 0.437. The summed E-state index contributed by atoms with van der Waals surface area (Å²) in [6.45, 7) is 2.49. The van der Waals surface area contributed by atoms with Gasteiger partial charge in [-0.2, -0.15) is 0 Å². The van der Waals surface area contributed by atoms with Crippen LogP contribution in [0.5, 0.6) is 0 Å². The molecule has 132 valence electrons. The zero-order valence-corrected chi connectivity index (χ0v) is 14.8. The third kappa shape index (κ3) is 5.97. The van der Waals surface area contributed by atoms with Crippen molar-refractivity contribution in [3.63, 3.8) is 0 Å². The molecule has 3 N–H and O–H groups in total. The molecule has 2 aromatic rings. The zero-order valence-electron chi connectivity index (χ0n) is 13.2. The number of hydrogen-bond acceptors (Lipinski definition) is 6. The summed E-state index contributed by atoms with van der Waals surface area (Å²) in [6, 6.07) is 4.87. The lowest BCUT2D eigenvalue weighted by Crippen LogP contribution is -2.33. The molecular formula is C15H20ClN3O4S. The highest BCUT2D eigenvalue weighted by Gasteiger charge is 2.16. The Hall–Kier alpha value is -1.87. The number of anilines is 1. The summed E-state index contributed by atoms with van der Waals surface area (Å²) in [7, 11) is 1.64. The molecule has 0 saturated carbocycles. The number of rotatable bonds is 9. The first-order chi connectivity index (χ1) is 11.2. The third-order valence-corrected chi connectivity index (χ3v) is 3.78. The van der Waals surface area contributed by atoms with E-state index in [1.807, 2.05) is 0 Å². The van der Waals surface area contributed by atoms with Crippen molar-refractivity contribution in [1.82, 2.24) is 10.6 Å². The second kappa shape index (κ2) is 10.8. The van der Waals surface area contributed by atoms with Gasteiger partial charge >= 0.3 is 0 Å². The monoisotopic (exact) mass is 373 g/mol. The average Bonchev–Trinajstić information content (AvgIpc) is 3.21. The van der Waals surface area contributed by atoms with Crippen LogP contribution in [0, 0.1) is 0 Å². The number of thiophene rings is 1. The minimum Gasteiger partial charge on any atom is -0.459 e. The maximum absolute atomic E-state index is 12.2. The Kier molecular flexibility index (Phi) is 9.10. The van der Waals surface area contributed by atoms with Crippen molar-refractivity contribution in [1.29, 1.82) is 0 Å². The quantitative estimate of drug-likeness (QED) is 0.584. The van der Waals surface area contributed by atoms with E-state index >= 15 is 0 Å². The number of methoxy groups -OCH3 is 1. The summed E-state index contributed by atoms with van der Waals surface area (Å²) in [5, 5.41) is 10.9. The van der Waals surface area contributed by atoms with Crippen LogP contribution in [-0.2, 0) is 4.74 Å². The fourth-order valence-corrected chi connectivity index (χ4v) is 2.60. The number of halogens is 1. The molecule has 0 saturated heterocycles. The minimum atomic E-state index is -0.382. The zero-order chi connectivity index (χ0) is 16.5. The first-order valence-corrected chi connectivity index (χ1v) is 8.00. The highest BCUT2D eigenvalue weighted by molar-refractivity contribution is 7.14. The Labute approximate surface area is 150 Å². The second-order valence-corrected chi connectivity index (χ2v) is 5.51. The molecule has 2 heterocycles. The topological polar surface area (TPSA) is 92.6 Å². The van der Waals surface area contributed by atoms with Gasteiger partial charge in [0.2, 0.25) is 0 Å². The van der Waals surface area contributed by atoms with Crippen LogP contribution in [0.1, 0.15) is 20.9 Å². The molecule has 9 heteroatoms. The molecule has 0 aliphatic carbocycles. The van der Waals surface area contributed by atoms with E-state index in [9.17, 15) is 9.59 Å². The standard InChI is InChI=1S/C15H19N3O4S.ClH/c1-21-9-7-16-5-6-17-13(19)11-4-10-23-15(11)18-14(20)12-3-2-8-22-12;/h2-4,8,10,16H,5-7,9H2,1H3,(H,17,19)(H,18,20);1H. The van der Waals surface area contributed by atoms with Crippen molar-refractivity contribution in [2.24, 2.45) is 0 Å². The number of nitrogens with one attached hydrogen (secondary N) is 3. The van der Waals surface area contributed by atoms with Gasteiger partial charge in [-0.05, 0) is 23.6 Å². The van der Waals surface area contributed by atoms with E-state index in [-0.39, 0.29) is 30.0 Å². The summed E-state index contributed by atoms with van der Waals surface area (Å²) in [6.07, 6.45) is 1.42. The van der Waals surface area contributed by atoms with E-state index < -0.39 is 0 Å². The normalized spacial score (nSPS) is 10.0. The second-order valence-electron chi connectivity index (χ2n) is 4.59. The minimum absolute atomic E-state index is 0. The SMILES string of the molecule is COCCNCCNC(=O)c1ccsc1NC(=O)c1ccco1.Cl. The Balaban J connectivity index is 0.00000288. The fraction of sp³-hybridized carbons (Fsp3) is 0.333. The van der Waals surface area contributed by atoms with Crippen molar-refractivity contribution in [2.45, 2.75) is 0 Å². The molecule has 2 aromatic heterocycles. The molecule has 2 rings (SSSR count). The first kappa shape index (κ1) is 20.2. The van der Waals surface area contributed by atoms with Crippen LogP contribution < -0.4 is 16.0 Å². The molecule has 0 aromatic carbocycles. The lowest BCUT2D eigenvalue weighted by Gasteiger charge is -2.08. The van der Waals surface area contributed by atoms with E-state index in [1.165, 1.54) is 17.6 Å². The molecule has 0 aliphatic rings. The van der Waals surface area contributed by atoms with E-state index in [2.05, 4.69) is 16.0 Å². The number of carbonyl (C=O) groups excluding carboxylic acids is 2. The van der Waals surface area contributed by atoms with Crippen molar-refractivity contribution in [3.05, 3.63) is 41.2 Å². The van der Waals surface area contributed by atoms with Gasteiger partial charge in [0.1, 0.15) is 5.00 Å². The van der Waals surface area contributed by atoms with Gasteiger partial charge in [-0.1, -0.05) is 0 Å². The molecule has 0 unspecified atom stereocenters. The smallest absolute Gasteiger partial charge is 0.291 e. The number of furan rings is 1. The molecule has 7 nitrogen and oxygen atoms in total. The number of carbonyl (C=O) groups is 2. The third-order valence-electron chi connectivity index (χ3n) is 2.95. The highest BCUT2D eigenvalue weighted by atomic mass is 35.5. The van der Waals surface area contributed by atoms with Gasteiger partial charge in [0.05, 0.1) is 18.4 Å². The Morgan fingerprint density at radius 2 is 2.04 bits per heavy atom. The predicted molar refractivity (Wildman–Crippen MR) is 95.3 cm³/mol. The molecule has 0 spiro atoms. The van der Waals surface area contributed by atoms with Crippen molar-refractivity contribution >= 4 is 40.6 Å². The maximum Gasteiger partial charge on any atom is 0.291 e. The first-order valence-electron chi connectivity index (χ1n) is 7.12. The molecule has 0 atom stereocenters. The predicted octanol–water partition coefficient (Wildman–Crippen LogP) is 1.98. The van der Waals surface area contributed by atoms with Gasteiger partial charge in [-0.25, -0.2) is 0 Å². The van der Waals surface area contributed by atoms with E-state index in [0.717, 1.165) is 6.54 Å².